The Labute approximate surface area is 153 Å². The minimum atomic E-state index is -0.224. The first-order valence-corrected chi connectivity index (χ1v) is 8.60. The van der Waals surface area contributed by atoms with Gasteiger partial charge in [0.05, 0.1) is 6.42 Å². The average molecular weight is 351 g/mol. The first kappa shape index (κ1) is 17.2. The molecule has 3 aromatic carbocycles. The van der Waals surface area contributed by atoms with E-state index in [4.69, 9.17) is 16.3 Å². The fourth-order valence-electron chi connectivity index (χ4n) is 2.82. The number of hydrogen-bond donors (Lipinski definition) is 0. The standard InChI is InChI=1S/C22H19ClO2/c23-20-13-7-8-17(14-20)16-25-22(24)15-21(18-9-3-1-4-10-18)19-11-5-2-6-12-19/h1-14,21H,15-16H2. The molecule has 0 aromatic heterocycles. The first-order valence-electron chi connectivity index (χ1n) is 8.22. The SMILES string of the molecule is O=C(CC(c1ccccc1)c1ccccc1)OCc1cccc(Cl)c1. The van der Waals surface area contributed by atoms with Gasteiger partial charge in [0.25, 0.3) is 0 Å². The lowest BCUT2D eigenvalue weighted by Crippen LogP contribution is -2.12. The summed E-state index contributed by atoms with van der Waals surface area (Å²) in [5.41, 5.74) is 3.10. The molecule has 0 aliphatic rings. The molecule has 3 aromatic rings. The third-order valence-corrected chi connectivity index (χ3v) is 4.30. The van der Waals surface area contributed by atoms with Crippen molar-refractivity contribution in [2.75, 3.05) is 0 Å². The number of carbonyl (C=O) groups excluding carboxylic acids is 1. The molecule has 0 radical (unpaired) electrons. The summed E-state index contributed by atoms with van der Waals surface area (Å²) in [5, 5.41) is 0.639. The highest BCUT2D eigenvalue weighted by Crippen LogP contribution is 2.28. The number of halogens is 1. The lowest BCUT2D eigenvalue weighted by Gasteiger charge is -2.17. The number of rotatable bonds is 6. The Balaban J connectivity index is 1.71. The maximum Gasteiger partial charge on any atom is 0.307 e. The molecule has 3 rings (SSSR count). The highest BCUT2D eigenvalue weighted by Gasteiger charge is 2.19. The van der Waals surface area contributed by atoms with Gasteiger partial charge in [-0.1, -0.05) is 84.4 Å². The molecule has 0 aliphatic heterocycles. The molecule has 0 unspecified atom stereocenters. The van der Waals surface area contributed by atoms with Crippen LogP contribution < -0.4 is 0 Å². The molecular formula is C22H19ClO2. The summed E-state index contributed by atoms with van der Waals surface area (Å²) in [5.74, 6) is -0.244. The molecule has 0 spiro atoms. The molecule has 0 fully saturated rings. The van der Waals surface area contributed by atoms with Gasteiger partial charge in [-0.3, -0.25) is 4.79 Å². The summed E-state index contributed by atoms with van der Waals surface area (Å²) in [7, 11) is 0. The molecule has 0 aliphatic carbocycles. The van der Waals surface area contributed by atoms with E-state index in [2.05, 4.69) is 0 Å². The van der Waals surface area contributed by atoms with E-state index in [0.717, 1.165) is 16.7 Å². The molecule has 0 bridgehead atoms. The smallest absolute Gasteiger partial charge is 0.307 e. The van der Waals surface area contributed by atoms with Gasteiger partial charge in [0, 0.05) is 10.9 Å². The predicted octanol–water partition coefficient (Wildman–Crippen LogP) is 5.61. The van der Waals surface area contributed by atoms with Crippen LogP contribution in [0, 0.1) is 0 Å². The van der Waals surface area contributed by atoms with E-state index in [-0.39, 0.29) is 18.5 Å². The minimum absolute atomic E-state index is 0.0192. The fraction of sp³-hybridized carbons (Fsp3) is 0.136. The third-order valence-electron chi connectivity index (χ3n) is 4.06. The largest absolute Gasteiger partial charge is 0.461 e. The van der Waals surface area contributed by atoms with Crippen molar-refractivity contribution in [2.45, 2.75) is 18.9 Å². The monoisotopic (exact) mass is 350 g/mol. The summed E-state index contributed by atoms with van der Waals surface area (Å²) in [6, 6.07) is 27.4. The normalized spacial score (nSPS) is 10.6. The summed E-state index contributed by atoms with van der Waals surface area (Å²) < 4.78 is 5.46. The quantitative estimate of drug-likeness (QED) is 0.540. The molecule has 0 saturated heterocycles. The van der Waals surface area contributed by atoms with Gasteiger partial charge in [-0.05, 0) is 28.8 Å². The molecule has 0 N–H and O–H groups in total. The number of esters is 1. The van der Waals surface area contributed by atoms with Gasteiger partial charge in [0.2, 0.25) is 0 Å². The topological polar surface area (TPSA) is 26.3 Å². The zero-order valence-corrected chi connectivity index (χ0v) is 14.5. The van der Waals surface area contributed by atoms with Crippen molar-refractivity contribution in [3.8, 4) is 0 Å². The second-order valence-electron chi connectivity index (χ2n) is 5.87. The van der Waals surface area contributed by atoms with E-state index in [1.54, 1.807) is 12.1 Å². The van der Waals surface area contributed by atoms with Crippen LogP contribution in [0.4, 0.5) is 0 Å². The number of carbonyl (C=O) groups is 1. The van der Waals surface area contributed by atoms with Crippen molar-refractivity contribution in [1.29, 1.82) is 0 Å². The predicted molar refractivity (Wildman–Crippen MR) is 101 cm³/mol. The van der Waals surface area contributed by atoms with Crippen molar-refractivity contribution >= 4 is 17.6 Å². The van der Waals surface area contributed by atoms with Crippen molar-refractivity contribution < 1.29 is 9.53 Å². The fourth-order valence-corrected chi connectivity index (χ4v) is 3.03. The van der Waals surface area contributed by atoms with E-state index in [1.807, 2.05) is 72.8 Å². The van der Waals surface area contributed by atoms with E-state index in [9.17, 15) is 4.79 Å². The molecular weight excluding hydrogens is 332 g/mol. The Morgan fingerprint density at radius 1 is 0.840 bits per heavy atom. The van der Waals surface area contributed by atoms with Gasteiger partial charge in [-0.15, -0.1) is 0 Å². The van der Waals surface area contributed by atoms with Gasteiger partial charge >= 0.3 is 5.97 Å². The maximum absolute atomic E-state index is 12.4. The summed E-state index contributed by atoms with van der Waals surface area (Å²) in [4.78, 5) is 12.4. The number of ether oxygens (including phenoxy) is 1. The lowest BCUT2D eigenvalue weighted by molar-refractivity contribution is -0.145. The molecule has 0 heterocycles. The van der Waals surface area contributed by atoms with Gasteiger partial charge < -0.3 is 4.74 Å². The summed E-state index contributed by atoms with van der Waals surface area (Å²) in [6.07, 6.45) is 0.300. The van der Waals surface area contributed by atoms with Crippen LogP contribution in [0.2, 0.25) is 5.02 Å². The van der Waals surface area contributed by atoms with Crippen molar-refractivity contribution in [1.82, 2.24) is 0 Å². The molecule has 3 heteroatoms. The lowest BCUT2D eigenvalue weighted by atomic mass is 9.89. The van der Waals surface area contributed by atoms with Crippen LogP contribution in [0.5, 0.6) is 0 Å². The van der Waals surface area contributed by atoms with Gasteiger partial charge in [-0.25, -0.2) is 0 Å². The summed E-state index contributed by atoms with van der Waals surface area (Å²) in [6.45, 7) is 0.232. The third kappa shape index (κ3) is 4.94. The summed E-state index contributed by atoms with van der Waals surface area (Å²) >= 11 is 5.96. The number of hydrogen-bond acceptors (Lipinski definition) is 2. The highest BCUT2D eigenvalue weighted by molar-refractivity contribution is 6.30. The zero-order valence-electron chi connectivity index (χ0n) is 13.8. The second-order valence-corrected chi connectivity index (χ2v) is 6.31. The molecule has 126 valence electrons. The average Bonchev–Trinajstić information content (AvgIpc) is 2.66. The van der Waals surface area contributed by atoms with E-state index in [1.165, 1.54) is 0 Å². The van der Waals surface area contributed by atoms with Crippen molar-refractivity contribution in [2.24, 2.45) is 0 Å². The zero-order chi connectivity index (χ0) is 17.5. The van der Waals surface area contributed by atoms with Crippen molar-refractivity contribution in [3.63, 3.8) is 0 Å². The second kappa shape index (κ2) is 8.50. The van der Waals surface area contributed by atoms with Gasteiger partial charge in [0.1, 0.15) is 6.61 Å². The Morgan fingerprint density at radius 3 is 2.00 bits per heavy atom. The van der Waals surface area contributed by atoms with Crippen LogP contribution in [0.1, 0.15) is 29.0 Å². The minimum Gasteiger partial charge on any atom is -0.461 e. The van der Waals surface area contributed by atoms with Crippen LogP contribution >= 0.6 is 11.6 Å². The Hall–Kier alpha value is -2.58. The van der Waals surface area contributed by atoms with Gasteiger partial charge in [0.15, 0.2) is 0 Å². The van der Waals surface area contributed by atoms with E-state index < -0.39 is 0 Å². The van der Waals surface area contributed by atoms with Gasteiger partial charge in [-0.2, -0.15) is 0 Å². The van der Waals surface area contributed by atoms with Crippen LogP contribution in [-0.4, -0.2) is 5.97 Å². The molecule has 25 heavy (non-hydrogen) atoms. The Bertz CT molecular complexity index is 776. The Kier molecular flexibility index (Phi) is 5.86. The van der Waals surface area contributed by atoms with Crippen LogP contribution in [0.3, 0.4) is 0 Å². The first-order chi connectivity index (χ1) is 12.2. The molecule has 0 saturated carbocycles. The molecule has 0 amide bonds. The van der Waals surface area contributed by atoms with E-state index in [0.29, 0.717) is 11.4 Å². The van der Waals surface area contributed by atoms with Crippen LogP contribution in [0.25, 0.3) is 0 Å². The van der Waals surface area contributed by atoms with Crippen molar-refractivity contribution in [3.05, 3.63) is 107 Å². The molecule has 2 nitrogen and oxygen atoms in total. The number of benzene rings is 3. The van der Waals surface area contributed by atoms with Crippen LogP contribution in [0.15, 0.2) is 84.9 Å². The Morgan fingerprint density at radius 2 is 1.44 bits per heavy atom. The molecule has 0 atom stereocenters. The van der Waals surface area contributed by atoms with Crippen LogP contribution in [-0.2, 0) is 16.1 Å². The maximum atomic E-state index is 12.4. The van der Waals surface area contributed by atoms with E-state index >= 15 is 0 Å². The highest BCUT2D eigenvalue weighted by atomic mass is 35.5.